The Morgan fingerprint density at radius 2 is 1.95 bits per heavy atom. The molecule has 1 aliphatic heterocycles. The number of carbonyl (C=O) groups is 1. The molecule has 2 unspecified atom stereocenters. The van der Waals surface area contributed by atoms with E-state index in [0.717, 1.165) is 32.4 Å². The number of rotatable bonds is 2. The molecule has 1 aromatic rings. The van der Waals surface area contributed by atoms with Gasteiger partial charge in [0.1, 0.15) is 0 Å². The van der Waals surface area contributed by atoms with E-state index in [-0.39, 0.29) is 5.41 Å². The van der Waals surface area contributed by atoms with E-state index in [1.807, 2.05) is 0 Å². The Kier molecular flexibility index (Phi) is 3.12. The Bertz CT molecular complexity index is 463. The number of likely N-dealkylation sites (tertiary alicyclic amines) is 1. The molecular formula is C17H23NO. The van der Waals surface area contributed by atoms with Gasteiger partial charge in [0.25, 0.3) is 0 Å². The topological polar surface area (TPSA) is 20.3 Å². The second kappa shape index (κ2) is 4.66. The molecule has 0 radical (unpaired) electrons. The van der Waals surface area contributed by atoms with E-state index in [0.29, 0.717) is 17.7 Å². The van der Waals surface area contributed by atoms with Crippen LogP contribution < -0.4 is 0 Å². The van der Waals surface area contributed by atoms with Crippen molar-refractivity contribution in [3.05, 3.63) is 35.9 Å². The summed E-state index contributed by atoms with van der Waals surface area (Å²) in [5, 5.41) is 0. The van der Waals surface area contributed by atoms with Gasteiger partial charge in [0.15, 0.2) is 0 Å². The largest absolute Gasteiger partial charge is 0.342 e. The van der Waals surface area contributed by atoms with Crippen molar-refractivity contribution in [3.63, 3.8) is 0 Å². The minimum absolute atomic E-state index is 0.0146. The van der Waals surface area contributed by atoms with Crippen molar-refractivity contribution >= 4 is 5.91 Å². The Morgan fingerprint density at radius 3 is 2.53 bits per heavy atom. The summed E-state index contributed by atoms with van der Waals surface area (Å²) in [7, 11) is 0. The highest BCUT2D eigenvalue weighted by atomic mass is 16.2. The Hall–Kier alpha value is -1.31. The molecule has 1 saturated heterocycles. The van der Waals surface area contributed by atoms with Crippen LogP contribution in [0, 0.1) is 11.3 Å². The van der Waals surface area contributed by atoms with Crippen LogP contribution in [0.1, 0.15) is 44.6 Å². The average molecular weight is 257 g/mol. The summed E-state index contributed by atoms with van der Waals surface area (Å²) in [6.45, 7) is 6.25. The second-order valence-corrected chi connectivity index (χ2v) is 6.59. The predicted molar refractivity (Wildman–Crippen MR) is 76.9 cm³/mol. The van der Waals surface area contributed by atoms with E-state index < -0.39 is 0 Å². The van der Waals surface area contributed by atoms with Crippen LogP contribution in [-0.4, -0.2) is 23.9 Å². The molecule has 1 saturated carbocycles. The second-order valence-electron chi connectivity index (χ2n) is 6.59. The van der Waals surface area contributed by atoms with Gasteiger partial charge in [0.2, 0.25) is 5.91 Å². The Balaban J connectivity index is 1.67. The van der Waals surface area contributed by atoms with Gasteiger partial charge in [-0.15, -0.1) is 0 Å². The van der Waals surface area contributed by atoms with Crippen LogP contribution in [0.5, 0.6) is 0 Å². The first-order valence-electron chi connectivity index (χ1n) is 7.44. The molecule has 102 valence electrons. The van der Waals surface area contributed by atoms with Gasteiger partial charge in [-0.3, -0.25) is 4.79 Å². The molecule has 1 aromatic carbocycles. The molecule has 2 atom stereocenters. The number of benzene rings is 1. The molecule has 1 aliphatic carbocycles. The van der Waals surface area contributed by atoms with Gasteiger partial charge in [-0.2, -0.15) is 0 Å². The van der Waals surface area contributed by atoms with Crippen molar-refractivity contribution in [1.82, 2.24) is 4.90 Å². The van der Waals surface area contributed by atoms with Crippen LogP contribution in [0.25, 0.3) is 0 Å². The first-order valence-corrected chi connectivity index (χ1v) is 7.44. The highest BCUT2D eigenvalue weighted by molar-refractivity contribution is 5.85. The highest BCUT2D eigenvalue weighted by Crippen LogP contribution is 2.47. The normalized spacial score (nSPS) is 29.1. The lowest BCUT2D eigenvalue weighted by atomic mass is 9.81. The molecule has 0 aromatic heterocycles. The van der Waals surface area contributed by atoms with Crippen LogP contribution in [-0.2, 0) is 4.79 Å². The van der Waals surface area contributed by atoms with Crippen LogP contribution in [0.15, 0.2) is 30.3 Å². The standard InChI is InChI=1S/C17H23NO/c1-13-12-18(16(19)17(2)9-10-17)11-8-15(13)14-6-4-3-5-7-14/h3-7,13,15H,8-12H2,1-2H3. The summed E-state index contributed by atoms with van der Waals surface area (Å²) in [4.78, 5) is 14.5. The number of piperidine rings is 1. The number of carbonyl (C=O) groups excluding carboxylic acids is 1. The molecular weight excluding hydrogens is 234 g/mol. The third-order valence-electron chi connectivity index (χ3n) is 4.94. The van der Waals surface area contributed by atoms with Crippen LogP contribution in [0.3, 0.4) is 0 Å². The van der Waals surface area contributed by atoms with Gasteiger partial charge in [-0.05, 0) is 36.7 Å². The van der Waals surface area contributed by atoms with Gasteiger partial charge >= 0.3 is 0 Å². The molecule has 1 heterocycles. The molecule has 2 heteroatoms. The average Bonchev–Trinajstić information content (AvgIpc) is 3.18. The first kappa shape index (κ1) is 12.7. The van der Waals surface area contributed by atoms with Crippen molar-refractivity contribution in [2.75, 3.05) is 13.1 Å². The molecule has 19 heavy (non-hydrogen) atoms. The maximum Gasteiger partial charge on any atom is 0.228 e. The molecule has 2 fully saturated rings. The summed E-state index contributed by atoms with van der Waals surface area (Å²) in [6, 6.07) is 10.7. The third-order valence-corrected chi connectivity index (χ3v) is 4.94. The molecule has 0 N–H and O–H groups in total. The van der Waals surface area contributed by atoms with Gasteiger partial charge < -0.3 is 4.90 Å². The summed E-state index contributed by atoms with van der Waals surface area (Å²) in [6.07, 6.45) is 3.27. The van der Waals surface area contributed by atoms with Crippen molar-refractivity contribution in [1.29, 1.82) is 0 Å². The fraction of sp³-hybridized carbons (Fsp3) is 0.588. The number of nitrogens with zero attached hydrogens (tertiary/aromatic N) is 1. The maximum absolute atomic E-state index is 12.4. The maximum atomic E-state index is 12.4. The van der Waals surface area contributed by atoms with Crippen molar-refractivity contribution in [2.24, 2.45) is 11.3 Å². The highest BCUT2D eigenvalue weighted by Gasteiger charge is 2.48. The quantitative estimate of drug-likeness (QED) is 0.794. The molecule has 2 aliphatic rings. The Morgan fingerprint density at radius 1 is 1.26 bits per heavy atom. The van der Waals surface area contributed by atoms with Crippen molar-refractivity contribution in [3.8, 4) is 0 Å². The first-order chi connectivity index (χ1) is 9.10. The summed E-state index contributed by atoms with van der Waals surface area (Å²) < 4.78 is 0. The molecule has 0 spiro atoms. The van der Waals surface area contributed by atoms with E-state index in [2.05, 4.69) is 49.1 Å². The van der Waals surface area contributed by atoms with E-state index >= 15 is 0 Å². The van der Waals surface area contributed by atoms with Crippen molar-refractivity contribution in [2.45, 2.75) is 39.0 Å². The summed E-state index contributed by atoms with van der Waals surface area (Å²) in [5.41, 5.74) is 1.42. The van der Waals surface area contributed by atoms with Gasteiger partial charge in [-0.25, -0.2) is 0 Å². The van der Waals surface area contributed by atoms with Gasteiger partial charge in [-0.1, -0.05) is 44.2 Å². The minimum atomic E-state index is -0.0146. The van der Waals surface area contributed by atoms with Gasteiger partial charge in [0.05, 0.1) is 0 Å². The minimum Gasteiger partial charge on any atom is -0.342 e. The zero-order valence-corrected chi connectivity index (χ0v) is 11.9. The number of amides is 1. The Labute approximate surface area is 115 Å². The van der Waals surface area contributed by atoms with E-state index in [1.54, 1.807) is 0 Å². The lowest BCUT2D eigenvalue weighted by molar-refractivity contribution is -0.138. The van der Waals surface area contributed by atoms with E-state index in [9.17, 15) is 4.79 Å². The smallest absolute Gasteiger partial charge is 0.228 e. The number of hydrogen-bond donors (Lipinski definition) is 0. The van der Waals surface area contributed by atoms with Crippen molar-refractivity contribution < 1.29 is 4.79 Å². The summed E-state index contributed by atoms with van der Waals surface area (Å²) in [5.74, 6) is 1.56. The zero-order valence-electron chi connectivity index (χ0n) is 11.9. The van der Waals surface area contributed by atoms with Crippen LogP contribution in [0.4, 0.5) is 0 Å². The van der Waals surface area contributed by atoms with Gasteiger partial charge in [0, 0.05) is 18.5 Å². The fourth-order valence-corrected chi connectivity index (χ4v) is 3.31. The van der Waals surface area contributed by atoms with E-state index in [4.69, 9.17) is 0 Å². The monoisotopic (exact) mass is 257 g/mol. The number of hydrogen-bond acceptors (Lipinski definition) is 1. The van der Waals surface area contributed by atoms with Crippen LogP contribution >= 0.6 is 0 Å². The zero-order chi connectivity index (χ0) is 13.5. The predicted octanol–water partition coefficient (Wildman–Crippen LogP) is 3.44. The third kappa shape index (κ3) is 2.41. The fourth-order valence-electron chi connectivity index (χ4n) is 3.31. The van der Waals surface area contributed by atoms with E-state index in [1.165, 1.54) is 5.56 Å². The molecule has 0 bridgehead atoms. The van der Waals surface area contributed by atoms with Crippen LogP contribution in [0.2, 0.25) is 0 Å². The molecule has 3 rings (SSSR count). The molecule has 2 nitrogen and oxygen atoms in total. The summed E-state index contributed by atoms with van der Waals surface area (Å²) >= 11 is 0. The SMILES string of the molecule is CC1CN(C(=O)C2(C)CC2)CCC1c1ccccc1. The lowest BCUT2D eigenvalue weighted by Crippen LogP contribution is -2.44. The molecule has 1 amide bonds. The lowest BCUT2D eigenvalue weighted by Gasteiger charge is -2.38.